The van der Waals surface area contributed by atoms with E-state index < -0.39 is 0 Å². The van der Waals surface area contributed by atoms with Gasteiger partial charge in [-0.15, -0.1) is 11.8 Å². The minimum Gasteiger partial charge on any atom is -0.207 e. The molecule has 0 amide bonds. The van der Waals surface area contributed by atoms with Gasteiger partial charge in [-0.2, -0.15) is 0 Å². The quantitative estimate of drug-likeness (QED) is 0.105. The Bertz CT molecular complexity index is 1440. The van der Waals surface area contributed by atoms with Gasteiger partial charge in [0.05, 0.1) is 10.5 Å². The Morgan fingerprint density at radius 1 is 0.451 bits per heavy atom. The van der Waals surface area contributed by atoms with Gasteiger partial charge in [0.15, 0.2) is 0 Å². The standard InChI is InChI=1S/C48H60F2S/c1-3-5-7-9-35-11-15-37(16-12-35)39-19-23-41(24-20-39)47(43-27-31-45(49)32-28-43)51-48(44-29-33-46(50)34-30-44)42-25-21-40(22-26-42)38-17-13-36(14-18-38)10-8-6-4-2/h19-38,47-48H,3-18H2,1-2H3/t35-,36-,37-,38-,47?,48?. The summed E-state index contributed by atoms with van der Waals surface area (Å²) in [7, 11) is 0. The highest BCUT2D eigenvalue weighted by Crippen LogP contribution is 2.49. The number of unbranched alkanes of at least 4 members (excludes halogenated alkanes) is 4. The first-order valence-electron chi connectivity index (χ1n) is 20.4. The first-order chi connectivity index (χ1) is 25.0. The highest BCUT2D eigenvalue weighted by Gasteiger charge is 2.27. The van der Waals surface area contributed by atoms with Crippen LogP contribution in [0.5, 0.6) is 0 Å². The maximum atomic E-state index is 14.2. The van der Waals surface area contributed by atoms with Crippen LogP contribution < -0.4 is 0 Å². The normalized spacial score (nSPS) is 22.0. The molecule has 272 valence electrons. The summed E-state index contributed by atoms with van der Waals surface area (Å²) in [6.07, 6.45) is 21.4. The average Bonchev–Trinajstić information content (AvgIpc) is 3.17. The molecule has 2 saturated carbocycles. The summed E-state index contributed by atoms with van der Waals surface area (Å²) >= 11 is 1.87. The lowest BCUT2D eigenvalue weighted by Crippen LogP contribution is -2.13. The summed E-state index contributed by atoms with van der Waals surface area (Å²) < 4.78 is 28.4. The molecule has 2 unspecified atom stereocenters. The van der Waals surface area contributed by atoms with E-state index in [1.807, 2.05) is 36.0 Å². The first-order valence-corrected chi connectivity index (χ1v) is 21.3. The predicted octanol–water partition coefficient (Wildman–Crippen LogP) is 15.3. The highest BCUT2D eigenvalue weighted by atomic mass is 32.2. The molecule has 0 N–H and O–H groups in total. The van der Waals surface area contributed by atoms with Crippen LogP contribution in [-0.4, -0.2) is 0 Å². The van der Waals surface area contributed by atoms with Gasteiger partial charge in [-0.1, -0.05) is 138 Å². The number of hydrogen-bond acceptors (Lipinski definition) is 1. The predicted molar refractivity (Wildman–Crippen MR) is 215 cm³/mol. The minimum absolute atomic E-state index is 0.00772. The molecule has 0 spiro atoms. The second-order valence-corrected chi connectivity index (χ2v) is 17.0. The Morgan fingerprint density at radius 2 is 0.765 bits per heavy atom. The monoisotopic (exact) mass is 706 g/mol. The molecule has 2 aliphatic rings. The Balaban J connectivity index is 1.21. The van der Waals surface area contributed by atoms with E-state index in [1.165, 1.54) is 125 Å². The number of rotatable bonds is 16. The number of halogens is 2. The van der Waals surface area contributed by atoms with Crippen molar-refractivity contribution in [2.24, 2.45) is 11.8 Å². The lowest BCUT2D eigenvalue weighted by Gasteiger charge is -2.30. The van der Waals surface area contributed by atoms with E-state index in [0.717, 1.165) is 23.0 Å². The molecule has 4 aromatic carbocycles. The van der Waals surface area contributed by atoms with Crippen LogP contribution in [0.15, 0.2) is 97.1 Å². The first kappa shape index (κ1) is 37.8. The molecule has 2 fully saturated rings. The fourth-order valence-corrected chi connectivity index (χ4v) is 10.5. The van der Waals surface area contributed by atoms with E-state index in [-0.39, 0.29) is 22.1 Å². The third-order valence-electron chi connectivity index (χ3n) is 12.2. The van der Waals surface area contributed by atoms with Crippen LogP contribution in [0.3, 0.4) is 0 Å². The second kappa shape index (κ2) is 19.2. The van der Waals surface area contributed by atoms with Crippen LogP contribution in [-0.2, 0) is 0 Å². The smallest absolute Gasteiger partial charge is 0.123 e. The molecule has 0 saturated heterocycles. The third kappa shape index (κ3) is 10.6. The van der Waals surface area contributed by atoms with Gasteiger partial charge >= 0.3 is 0 Å². The summed E-state index contributed by atoms with van der Waals surface area (Å²) in [5, 5.41) is -0.0154. The van der Waals surface area contributed by atoms with Crippen LogP contribution in [0, 0.1) is 23.5 Å². The van der Waals surface area contributed by atoms with Crippen LogP contribution in [0.25, 0.3) is 0 Å². The maximum Gasteiger partial charge on any atom is 0.123 e. The van der Waals surface area contributed by atoms with Gasteiger partial charge in [0.1, 0.15) is 11.6 Å². The summed E-state index contributed by atoms with van der Waals surface area (Å²) in [6, 6.07) is 32.7. The molecule has 0 aromatic heterocycles. The zero-order valence-electron chi connectivity index (χ0n) is 31.2. The number of thioether (sulfide) groups is 1. The van der Waals surface area contributed by atoms with Crippen LogP contribution in [0.2, 0.25) is 0 Å². The zero-order chi connectivity index (χ0) is 35.4. The lowest BCUT2D eigenvalue weighted by atomic mass is 9.77. The maximum absolute atomic E-state index is 14.2. The SMILES string of the molecule is CCCCC[C@H]1CC[C@H](c2ccc(C(SC(c3ccc(F)cc3)c3ccc([C@H]4CC[C@H](CCCCC)CC4)cc3)c3ccc(F)cc3)cc2)CC1. The van der Waals surface area contributed by atoms with Gasteiger partial charge in [-0.3, -0.25) is 0 Å². The van der Waals surface area contributed by atoms with Crippen LogP contribution in [0.1, 0.15) is 172 Å². The zero-order valence-corrected chi connectivity index (χ0v) is 32.0. The van der Waals surface area contributed by atoms with E-state index in [4.69, 9.17) is 0 Å². The molecule has 0 radical (unpaired) electrons. The minimum atomic E-state index is -0.219. The molecule has 51 heavy (non-hydrogen) atoms. The van der Waals surface area contributed by atoms with Crippen molar-refractivity contribution in [1.82, 2.24) is 0 Å². The molecular weight excluding hydrogens is 647 g/mol. The van der Waals surface area contributed by atoms with E-state index in [0.29, 0.717) is 11.8 Å². The fraction of sp³-hybridized carbons (Fsp3) is 0.500. The molecular formula is C48H60F2S. The van der Waals surface area contributed by atoms with Crippen molar-refractivity contribution in [1.29, 1.82) is 0 Å². The Hall–Kier alpha value is -2.91. The molecule has 2 aliphatic carbocycles. The third-order valence-corrected chi connectivity index (χ3v) is 13.8. The Morgan fingerprint density at radius 3 is 1.08 bits per heavy atom. The molecule has 0 bridgehead atoms. The Kier molecular flexibility index (Phi) is 14.3. The molecule has 0 aliphatic heterocycles. The molecule has 0 heterocycles. The van der Waals surface area contributed by atoms with E-state index >= 15 is 0 Å². The highest BCUT2D eigenvalue weighted by molar-refractivity contribution is 8.00. The van der Waals surface area contributed by atoms with Crippen LogP contribution in [0.4, 0.5) is 8.78 Å². The molecule has 3 heteroatoms. The molecule has 4 aromatic rings. The van der Waals surface area contributed by atoms with E-state index in [9.17, 15) is 8.78 Å². The van der Waals surface area contributed by atoms with Crippen molar-refractivity contribution in [3.63, 3.8) is 0 Å². The number of hydrogen-bond donors (Lipinski definition) is 0. The molecule has 6 rings (SSSR count). The van der Waals surface area contributed by atoms with Crippen molar-refractivity contribution < 1.29 is 8.78 Å². The van der Waals surface area contributed by atoms with E-state index in [2.05, 4.69) is 62.4 Å². The van der Waals surface area contributed by atoms with Crippen molar-refractivity contribution in [2.75, 3.05) is 0 Å². The van der Waals surface area contributed by atoms with Crippen LogP contribution >= 0.6 is 11.8 Å². The summed E-state index contributed by atoms with van der Waals surface area (Å²) in [5.41, 5.74) is 7.52. The van der Waals surface area contributed by atoms with Gasteiger partial charge in [0.2, 0.25) is 0 Å². The van der Waals surface area contributed by atoms with Crippen molar-refractivity contribution in [3.05, 3.63) is 142 Å². The van der Waals surface area contributed by atoms with Gasteiger partial charge in [-0.05, 0) is 133 Å². The summed E-state index contributed by atoms with van der Waals surface area (Å²) in [6.45, 7) is 4.58. The van der Waals surface area contributed by atoms with Crippen molar-refractivity contribution in [2.45, 2.75) is 139 Å². The Labute approximate surface area is 312 Å². The van der Waals surface area contributed by atoms with Gasteiger partial charge in [0.25, 0.3) is 0 Å². The number of benzene rings is 4. The largest absolute Gasteiger partial charge is 0.207 e. The summed E-state index contributed by atoms with van der Waals surface area (Å²) in [5.74, 6) is 2.64. The van der Waals surface area contributed by atoms with Crippen molar-refractivity contribution >= 4 is 11.8 Å². The van der Waals surface area contributed by atoms with E-state index in [1.54, 1.807) is 24.3 Å². The summed E-state index contributed by atoms with van der Waals surface area (Å²) in [4.78, 5) is 0. The average molecular weight is 707 g/mol. The van der Waals surface area contributed by atoms with Crippen molar-refractivity contribution in [3.8, 4) is 0 Å². The van der Waals surface area contributed by atoms with Gasteiger partial charge in [-0.25, -0.2) is 8.78 Å². The fourth-order valence-electron chi connectivity index (χ4n) is 8.93. The molecule has 0 nitrogen and oxygen atoms in total. The lowest BCUT2D eigenvalue weighted by molar-refractivity contribution is 0.303. The second-order valence-electron chi connectivity index (χ2n) is 15.8. The topological polar surface area (TPSA) is 0 Å². The van der Waals surface area contributed by atoms with Gasteiger partial charge in [0, 0.05) is 0 Å². The molecule has 2 atom stereocenters. The van der Waals surface area contributed by atoms with Gasteiger partial charge < -0.3 is 0 Å².